The van der Waals surface area contributed by atoms with Crippen LogP contribution < -0.4 is 11.1 Å². The minimum absolute atomic E-state index is 0.288. The maximum atomic E-state index is 11.5. The van der Waals surface area contributed by atoms with Crippen molar-refractivity contribution in [1.82, 2.24) is 4.98 Å². The average molecular weight is 257 g/mol. The van der Waals surface area contributed by atoms with Crippen LogP contribution in [-0.2, 0) is 9.53 Å². The van der Waals surface area contributed by atoms with Gasteiger partial charge in [-0.3, -0.25) is 4.79 Å². The Labute approximate surface area is 103 Å². The molecule has 0 aliphatic rings. The van der Waals surface area contributed by atoms with Gasteiger partial charge in [-0.2, -0.15) is 0 Å². The van der Waals surface area contributed by atoms with E-state index < -0.39 is 5.97 Å². The Hall–Kier alpha value is -1.63. The molecule has 0 aliphatic heterocycles. The van der Waals surface area contributed by atoms with Gasteiger partial charge in [-0.15, -0.1) is 11.3 Å². The van der Waals surface area contributed by atoms with Gasteiger partial charge in [-0.1, -0.05) is 0 Å². The van der Waals surface area contributed by atoms with Crippen molar-refractivity contribution in [3.05, 3.63) is 11.2 Å². The topological polar surface area (TPSA) is 94.3 Å². The van der Waals surface area contributed by atoms with Crippen molar-refractivity contribution in [3.8, 4) is 0 Å². The van der Waals surface area contributed by atoms with E-state index in [1.807, 2.05) is 0 Å². The summed E-state index contributed by atoms with van der Waals surface area (Å²) in [5.74, 6) is -0.770. The van der Waals surface area contributed by atoms with Gasteiger partial charge in [0, 0.05) is 13.0 Å². The number of primary amides is 1. The first kappa shape index (κ1) is 13.4. The number of thiazole rings is 1. The van der Waals surface area contributed by atoms with E-state index in [0.29, 0.717) is 31.0 Å². The Kier molecular flexibility index (Phi) is 5.41. The number of esters is 1. The van der Waals surface area contributed by atoms with Crippen molar-refractivity contribution in [2.75, 3.05) is 18.5 Å². The van der Waals surface area contributed by atoms with Crippen LogP contribution in [0.15, 0.2) is 5.51 Å². The van der Waals surface area contributed by atoms with Gasteiger partial charge in [0.2, 0.25) is 5.91 Å². The molecule has 1 aromatic rings. The maximum Gasteiger partial charge on any atom is 0.360 e. The number of ether oxygens (including phenoxy) is 1. The fourth-order valence-electron chi connectivity index (χ4n) is 1.18. The molecule has 0 bridgehead atoms. The van der Waals surface area contributed by atoms with Crippen molar-refractivity contribution in [2.24, 2.45) is 5.73 Å². The number of anilines is 1. The van der Waals surface area contributed by atoms with Crippen molar-refractivity contribution in [2.45, 2.75) is 19.8 Å². The highest BCUT2D eigenvalue weighted by atomic mass is 32.1. The molecule has 0 aliphatic carbocycles. The van der Waals surface area contributed by atoms with Crippen LogP contribution in [0, 0.1) is 0 Å². The second-order valence-corrected chi connectivity index (χ2v) is 4.10. The second kappa shape index (κ2) is 6.85. The third-order valence-electron chi connectivity index (χ3n) is 1.92. The average Bonchev–Trinajstić information content (AvgIpc) is 2.72. The SMILES string of the molecule is CCOC(=O)c1ncsc1NCCCC(N)=O. The minimum atomic E-state index is -0.439. The molecule has 3 N–H and O–H groups in total. The first-order valence-electron chi connectivity index (χ1n) is 5.28. The summed E-state index contributed by atoms with van der Waals surface area (Å²) in [6, 6.07) is 0. The second-order valence-electron chi connectivity index (χ2n) is 3.25. The Morgan fingerprint density at radius 2 is 2.35 bits per heavy atom. The van der Waals surface area contributed by atoms with E-state index in [9.17, 15) is 9.59 Å². The molecule has 1 rings (SSSR count). The zero-order valence-corrected chi connectivity index (χ0v) is 10.4. The molecule has 0 radical (unpaired) electrons. The number of carbonyl (C=O) groups is 2. The summed E-state index contributed by atoms with van der Waals surface area (Å²) in [7, 11) is 0. The van der Waals surface area contributed by atoms with Gasteiger partial charge in [-0.05, 0) is 13.3 Å². The van der Waals surface area contributed by atoms with Gasteiger partial charge in [0.15, 0.2) is 5.69 Å². The van der Waals surface area contributed by atoms with E-state index in [1.165, 1.54) is 11.3 Å². The number of carbonyl (C=O) groups excluding carboxylic acids is 2. The monoisotopic (exact) mass is 257 g/mol. The fourth-order valence-corrected chi connectivity index (χ4v) is 1.88. The van der Waals surface area contributed by atoms with Gasteiger partial charge < -0.3 is 15.8 Å². The summed E-state index contributed by atoms with van der Waals surface area (Å²) in [5, 5.41) is 3.70. The summed E-state index contributed by atoms with van der Waals surface area (Å²) < 4.78 is 4.86. The van der Waals surface area contributed by atoms with Gasteiger partial charge in [0.1, 0.15) is 5.00 Å². The van der Waals surface area contributed by atoms with Crippen LogP contribution in [0.1, 0.15) is 30.3 Å². The number of aromatic nitrogens is 1. The van der Waals surface area contributed by atoms with Crippen LogP contribution in [-0.4, -0.2) is 30.0 Å². The van der Waals surface area contributed by atoms with E-state index in [4.69, 9.17) is 10.5 Å². The lowest BCUT2D eigenvalue weighted by Crippen LogP contribution is -2.13. The maximum absolute atomic E-state index is 11.5. The molecule has 0 spiro atoms. The smallest absolute Gasteiger partial charge is 0.360 e. The molecular weight excluding hydrogens is 242 g/mol. The summed E-state index contributed by atoms with van der Waals surface area (Å²) >= 11 is 1.32. The van der Waals surface area contributed by atoms with Crippen LogP contribution >= 0.6 is 11.3 Å². The minimum Gasteiger partial charge on any atom is -0.461 e. The standard InChI is InChI=1S/C10H15N3O3S/c1-2-16-10(15)8-9(17-6-13-8)12-5-3-4-7(11)14/h6,12H,2-5H2,1H3,(H2,11,14). The highest BCUT2D eigenvalue weighted by Crippen LogP contribution is 2.20. The molecule has 0 fully saturated rings. The number of hydrogen-bond acceptors (Lipinski definition) is 6. The summed E-state index contributed by atoms with van der Waals surface area (Å²) in [5.41, 5.74) is 6.88. The largest absolute Gasteiger partial charge is 0.461 e. The Morgan fingerprint density at radius 1 is 1.59 bits per heavy atom. The molecule has 1 amide bonds. The fraction of sp³-hybridized carbons (Fsp3) is 0.500. The van der Waals surface area contributed by atoms with Crippen molar-refractivity contribution in [3.63, 3.8) is 0 Å². The lowest BCUT2D eigenvalue weighted by Gasteiger charge is -2.04. The van der Waals surface area contributed by atoms with E-state index in [0.717, 1.165) is 0 Å². The zero-order chi connectivity index (χ0) is 12.7. The van der Waals surface area contributed by atoms with E-state index in [-0.39, 0.29) is 11.6 Å². The molecular formula is C10H15N3O3S. The van der Waals surface area contributed by atoms with Crippen LogP contribution in [0.25, 0.3) is 0 Å². The molecule has 17 heavy (non-hydrogen) atoms. The molecule has 0 atom stereocenters. The zero-order valence-electron chi connectivity index (χ0n) is 9.56. The summed E-state index contributed by atoms with van der Waals surface area (Å²) in [6.07, 6.45) is 0.941. The number of nitrogens with one attached hydrogen (secondary N) is 1. The molecule has 1 heterocycles. The number of nitrogens with two attached hydrogens (primary N) is 1. The lowest BCUT2D eigenvalue weighted by molar-refractivity contribution is -0.118. The lowest BCUT2D eigenvalue weighted by atomic mass is 10.3. The molecule has 0 aromatic carbocycles. The van der Waals surface area contributed by atoms with Crippen LogP contribution in [0.5, 0.6) is 0 Å². The summed E-state index contributed by atoms with van der Waals surface area (Å²) in [4.78, 5) is 25.9. The highest BCUT2D eigenvalue weighted by molar-refractivity contribution is 7.14. The Morgan fingerprint density at radius 3 is 3.00 bits per heavy atom. The molecule has 0 saturated heterocycles. The molecule has 94 valence electrons. The number of hydrogen-bond donors (Lipinski definition) is 2. The number of nitrogens with zero attached hydrogens (tertiary/aromatic N) is 1. The third-order valence-corrected chi connectivity index (χ3v) is 2.71. The first-order chi connectivity index (χ1) is 8.15. The highest BCUT2D eigenvalue weighted by Gasteiger charge is 2.15. The predicted octanol–water partition coefficient (Wildman–Crippen LogP) is 0.997. The first-order valence-corrected chi connectivity index (χ1v) is 6.16. The van der Waals surface area contributed by atoms with E-state index >= 15 is 0 Å². The van der Waals surface area contributed by atoms with E-state index in [2.05, 4.69) is 10.3 Å². The molecule has 1 aromatic heterocycles. The quantitative estimate of drug-likeness (QED) is 0.561. The molecule has 6 nitrogen and oxygen atoms in total. The number of amides is 1. The number of rotatable bonds is 7. The van der Waals surface area contributed by atoms with E-state index in [1.54, 1.807) is 12.4 Å². The van der Waals surface area contributed by atoms with Gasteiger partial charge in [0.05, 0.1) is 12.1 Å². The van der Waals surface area contributed by atoms with Crippen molar-refractivity contribution in [1.29, 1.82) is 0 Å². The van der Waals surface area contributed by atoms with Crippen LogP contribution in [0.4, 0.5) is 5.00 Å². The van der Waals surface area contributed by atoms with Crippen molar-refractivity contribution >= 4 is 28.2 Å². The Balaban J connectivity index is 2.45. The Bertz CT molecular complexity index is 392. The van der Waals surface area contributed by atoms with Gasteiger partial charge in [0.25, 0.3) is 0 Å². The molecule has 0 saturated carbocycles. The molecule has 7 heteroatoms. The van der Waals surface area contributed by atoms with Gasteiger partial charge in [-0.25, -0.2) is 9.78 Å². The predicted molar refractivity (Wildman–Crippen MR) is 65.0 cm³/mol. The van der Waals surface area contributed by atoms with Crippen LogP contribution in [0.2, 0.25) is 0 Å². The summed E-state index contributed by atoms with van der Waals surface area (Å²) in [6.45, 7) is 2.62. The van der Waals surface area contributed by atoms with Crippen molar-refractivity contribution < 1.29 is 14.3 Å². The normalized spacial score (nSPS) is 9.94. The third kappa shape index (κ3) is 4.39. The van der Waals surface area contributed by atoms with Gasteiger partial charge >= 0.3 is 5.97 Å². The molecule has 0 unspecified atom stereocenters. The van der Waals surface area contributed by atoms with Crippen LogP contribution in [0.3, 0.4) is 0 Å².